The van der Waals surface area contributed by atoms with E-state index in [-0.39, 0.29) is 0 Å². The fourth-order valence-corrected chi connectivity index (χ4v) is 3.68. The highest BCUT2D eigenvalue weighted by atomic mass is 32.1. The maximum absolute atomic E-state index is 6.36. The highest BCUT2D eigenvalue weighted by Gasteiger charge is 2.20. The first kappa shape index (κ1) is 13.2. The van der Waals surface area contributed by atoms with Gasteiger partial charge in [0.15, 0.2) is 10.7 Å². The van der Waals surface area contributed by atoms with Crippen LogP contribution in [0.1, 0.15) is 10.4 Å². The quantitative estimate of drug-likeness (QED) is 0.592. The van der Waals surface area contributed by atoms with Gasteiger partial charge < -0.3 is 10.2 Å². The predicted octanol–water partition coefficient (Wildman–Crippen LogP) is 4.52. The third-order valence-electron chi connectivity index (χ3n) is 3.76. The molecule has 0 unspecified atom stereocenters. The molecule has 3 aromatic heterocycles. The van der Waals surface area contributed by atoms with E-state index in [4.69, 9.17) is 10.2 Å². The molecule has 2 N–H and O–H groups in total. The summed E-state index contributed by atoms with van der Waals surface area (Å²) in [5.41, 5.74) is 10.5. The third-order valence-corrected chi connectivity index (χ3v) is 4.72. The Hall–Kier alpha value is -2.53. The molecular formula is C17H15N3OS. The number of rotatable bonds is 2. The number of furan rings is 1. The molecule has 0 bridgehead atoms. The molecule has 0 saturated heterocycles. The predicted molar refractivity (Wildman–Crippen MR) is 90.1 cm³/mol. The van der Waals surface area contributed by atoms with Crippen molar-refractivity contribution in [1.82, 2.24) is 9.38 Å². The number of benzene rings is 1. The normalized spacial score (nSPS) is 11.4. The van der Waals surface area contributed by atoms with Crippen molar-refractivity contribution in [3.05, 3.63) is 53.1 Å². The first-order valence-corrected chi connectivity index (χ1v) is 7.85. The van der Waals surface area contributed by atoms with Gasteiger partial charge in [-0.2, -0.15) is 0 Å². The van der Waals surface area contributed by atoms with Crippen LogP contribution in [0, 0.1) is 13.8 Å². The van der Waals surface area contributed by atoms with Crippen LogP contribution in [-0.2, 0) is 0 Å². The van der Waals surface area contributed by atoms with E-state index in [1.807, 2.05) is 16.5 Å². The lowest BCUT2D eigenvalue weighted by Crippen LogP contribution is -1.96. The maximum atomic E-state index is 6.36. The van der Waals surface area contributed by atoms with E-state index in [2.05, 4.69) is 43.1 Å². The van der Waals surface area contributed by atoms with Gasteiger partial charge in [0.1, 0.15) is 11.5 Å². The van der Waals surface area contributed by atoms with Crippen LogP contribution in [0.5, 0.6) is 0 Å². The van der Waals surface area contributed by atoms with Crippen molar-refractivity contribution in [2.45, 2.75) is 13.8 Å². The Bertz CT molecular complexity index is 946. The van der Waals surface area contributed by atoms with Gasteiger partial charge in [-0.1, -0.05) is 29.8 Å². The number of nitrogens with two attached hydrogens (primary N) is 1. The number of thiazole rings is 1. The molecule has 0 radical (unpaired) electrons. The van der Waals surface area contributed by atoms with Gasteiger partial charge in [0.25, 0.3) is 0 Å². The smallest absolute Gasteiger partial charge is 0.196 e. The Balaban J connectivity index is 1.99. The van der Waals surface area contributed by atoms with Crippen LogP contribution in [0.4, 0.5) is 5.82 Å². The van der Waals surface area contributed by atoms with Crippen LogP contribution in [0.3, 0.4) is 0 Å². The van der Waals surface area contributed by atoms with Crippen LogP contribution in [0.2, 0.25) is 0 Å². The summed E-state index contributed by atoms with van der Waals surface area (Å²) in [6.45, 7) is 4.18. The summed E-state index contributed by atoms with van der Waals surface area (Å²) in [5.74, 6) is 1.31. The molecule has 0 aliphatic heterocycles. The summed E-state index contributed by atoms with van der Waals surface area (Å²) < 4.78 is 7.46. The van der Waals surface area contributed by atoms with E-state index >= 15 is 0 Å². The highest BCUT2D eigenvalue weighted by molar-refractivity contribution is 7.17. The molecule has 0 aliphatic rings. The number of nitrogen functional groups attached to an aromatic ring is 1. The minimum Gasteiger partial charge on any atom is -0.463 e. The molecule has 3 heterocycles. The fourth-order valence-electron chi connectivity index (χ4n) is 2.68. The van der Waals surface area contributed by atoms with Crippen molar-refractivity contribution in [2.75, 3.05) is 5.73 Å². The van der Waals surface area contributed by atoms with Crippen molar-refractivity contribution in [2.24, 2.45) is 0 Å². The molecule has 4 rings (SSSR count). The SMILES string of the molecule is Cc1ccc(-c2c(C)sc3nc(-c4ccco4)c(N)n23)cc1. The van der Waals surface area contributed by atoms with Crippen molar-refractivity contribution in [3.8, 4) is 22.7 Å². The number of imidazole rings is 1. The van der Waals surface area contributed by atoms with E-state index in [9.17, 15) is 0 Å². The van der Waals surface area contributed by atoms with Crippen LogP contribution >= 0.6 is 11.3 Å². The molecule has 5 heteroatoms. The summed E-state index contributed by atoms with van der Waals surface area (Å²) in [5, 5.41) is 0. The van der Waals surface area contributed by atoms with Gasteiger partial charge in [0.05, 0.1) is 12.0 Å². The average Bonchev–Trinajstić information content (AvgIpc) is 3.18. The van der Waals surface area contributed by atoms with Gasteiger partial charge in [-0.15, -0.1) is 11.3 Å². The summed E-state index contributed by atoms with van der Waals surface area (Å²) in [6, 6.07) is 12.2. The average molecular weight is 309 g/mol. The first-order chi connectivity index (χ1) is 10.6. The Morgan fingerprint density at radius 1 is 1.14 bits per heavy atom. The molecule has 0 atom stereocenters. The zero-order valence-corrected chi connectivity index (χ0v) is 13.1. The number of aromatic nitrogens is 2. The monoisotopic (exact) mass is 309 g/mol. The number of nitrogens with zero attached hydrogens (tertiary/aromatic N) is 2. The Kier molecular flexibility index (Phi) is 2.84. The van der Waals surface area contributed by atoms with Gasteiger partial charge in [0, 0.05) is 4.88 Å². The van der Waals surface area contributed by atoms with Crippen molar-refractivity contribution < 1.29 is 4.42 Å². The highest BCUT2D eigenvalue weighted by Crippen LogP contribution is 2.37. The van der Waals surface area contributed by atoms with Gasteiger partial charge in [-0.3, -0.25) is 4.40 Å². The third kappa shape index (κ3) is 1.86. The standard InChI is InChI=1S/C17H15N3OS/c1-10-5-7-12(8-6-10)15-11(2)22-17-19-14(16(18)20(15)17)13-4-3-9-21-13/h3-9H,18H2,1-2H3. The van der Waals surface area contributed by atoms with E-state index in [0.717, 1.165) is 16.2 Å². The van der Waals surface area contributed by atoms with Crippen LogP contribution < -0.4 is 5.73 Å². The van der Waals surface area contributed by atoms with E-state index in [1.54, 1.807) is 17.6 Å². The molecule has 4 aromatic rings. The van der Waals surface area contributed by atoms with E-state index < -0.39 is 0 Å². The molecule has 1 aromatic carbocycles. The molecule has 4 nitrogen and oxygen atoms in total. The second-order valence-electron chi connectivity index (χ2n) is 5.31. The summed E-state index contributed by atoms with van der Waals surface area (Å²) in [6.07, 6.45) is 1.63. The van der Waals surface area contributed by atoms with Gasteiger partial charge in [0.2, 0.25) is 0 Å². The molecule has 0 saturated carbocycles. The molecule has 0 aliphatic carbocycles. The largest absolute Gasteiger partial charge is 0.463 e. The zero-order chi connectivity index (χ0) is 15.3. The number of hydrogen-bond donors (Lipinski definition) is 1. The summed E-state index contributed by atoms with van der Waals surface area (Å²) >= 11 is 1.64. The molecule has 0 spiro atoms. The summed E-state index contributed by atoms with van der Waals surface area (Å²) in [4.78, 5) is 6.73. The Morgan fingerprint density at radius 2 is 1.91 bits per heavy atom. The second kappa shape index (κ2) is 4.74. The lowest BCUT2D eigenvalue weighted by molar-refractivity contribution is 0.581. The lowest BCUT2D eigenvalue weighted by Gasteiger charge is -2.05. The van der Waals surface area contributed by atoms with Crippen LogP contribution in [-0.4, -0.2) is 9.38 Å². The summed E-state index contributed by atoms with van der Waals surface area (Å²) in [7, 11) is 0. The molecule has 22 heavy (non-hydrogen) atoms. The van der Waals surface area contributed by atoms with Crippen LogP contribution in [0.25, 0.3) is 27.7 Å². The van der Waals surface area contributed by atoms with Crippen LogP contribution in [0.15, 0.2) is 47.1 Å². The molecule has 110 valence electrons. The lowest BCUT2D eigenvalue weighted by atomic mass is 10.1. The molecule has 0 fully saturated rings. The number of anilines is 1. The van der Waals surface area contributed by atoms with Gasteiger partial charge in [-0.25, -0.2) is 4.98 Å². The topological polar surface area (TPSA) is 56.5 Å². The van der Waals surface area contributed by atoms with Crippen molar-refractivity contribution >= 4 is 22.1 Å². The maximum Gasteiger partial charge on any atom is 0.196 e. The number of fused-ring (bicyclic) bond motifs is 1. The Morgan fingerprint density at radius 3 is 2.59 bits per heavy atom. The van der Waals surface area contributed by atoms with E-state index in [0.29, 0.717) is 17.3 Å². The first-order valence-electron chi connectivity index (χ1n) is 7.03. The number of aryl methyl sites for hydroxylation is 2. The second-order valence-corrected chi connectivity index (χ2v) is 6.50. The zero-order valence-electron chi connectivity index (χ0n) is 12.3. The van der Waals surface area contributed by atoms with E-state index in [1.165, 1.54) is 10.4 Å². The van der Waals surface area contributed by atoms with Crippen molar-refractivity contribution in [1.29, 1.82) is 0 Å². The number of hydrogen-bond acceptors (Lipinski definition) is 4. The fraction of sp³-hybridized carbons (Fsp3) is 0.118. The minimum absolute atomic E-state index is 0.616. The van der Waals surface area contributed by atoms with Crippen molar-refractivity contribution in [3.63, 3.8) is 0 Å². The Labute approximate surface area is 131 Å². The molecule has 0 amide bonds. The van der Waals surface area contributed by atoms with Gasteiger partial charge in [-0.05, 0) is 31.5 Å². The molecular weight excluding hydrogens is 294 g/mol. The van der Waals surface area contributed by atoms with Gasteiger partial charge >= 0.3 is 0 Å². The minimum atomic E-state index is 0.616.